The second kappa shape index (κ2) is 7.40. The van der Waals surface area contributed by atoms with E-state index in [2.05, 4.69) is 5.32 Å². The van der Waals surface area contributed by atoms with Gasteiger partial charge >= 0.3 is 0 Å². The predicted octanol–water partition coefficient (Wildman–Crippen LogP) is 1.43. The third-order valence-corrected chi connectivity index (χ3v) is 3.18. The van der Waals surface area contributed by atoms with Gasteiger partial charge in [-0.25, -0.2) is 8.78 Å². The first-order valence-electron chi connectivity index (χ1n) is 6.30. The van der Waals surface area contributed by atoms with E-state index in [0.717, 1.165) is 0 Å². The van der Waals surface area contributed by atoms with Crippen LogP contribution in [0.2, 0.25) is 0 Å². The Kier molecular flexibility index (Phi) is 6.16. The minimum Gasteiger partial charge on any atom is -0.365 e. The number of nitrogens with zero attached hydrogens (tertiary/aromatic N) is 1. The summed E-state index contributed by atoms with van der Waals surface area (Å²) in [4.78, 5) is 13.0. The average molecular weight is 306 g/mol. The molecule has 0 bridgehead atoms. The lowest BCUT2D eigenvalue weighted by molar-refractivity contribution is -0.121. The van der Waals surface area contributed by atoms with E-state index in [1.807, 2.05) is 0 Å². The molecule has 4 nitrogen and oxygen atoms in total. The van der Waals surface area contributed by atoms with Crippen molar-refractivity contribution in [3.8, 4) is 0 Å². The molecule has 1 atom stereocenters. The molecule has 1 heterocycles. The lowest BCUT2D eigenvalue weighted by atomic mass is 10.2. The molecule has 1 aliphatic rings. The van der Waals surface area contributed by atoms with Crippen LogP contribution in [0.15, 0.2) is 18.2 Å². The van der Waals surface area contributed by atoms with Crippen LogP contribution in [0.4, 0.5) is 14.5 Å². The normalized spacial score (nSPS) is 17.8. The highest BCUT2D eigenvalue weighted by molar-refractivity contribution is 5.85. The fourth-order valence-corrected chi connectivity index (χ4v) is 2.30. The minimum absolute atomic E-state index is 0. The van der Waals surface area contributed by atoms with Crippen molar-refractivity contribution in [2.75, 3.05) is 24.5 Å². The quantitative estimate of drug-likeness (QED) is 0.885. The summed E-state index contributed by atoms with van der Waals surface area (Å²) in [6.07, 6.45) is 0.939. The minimum atomic E-state index is -0.575. The number of hydrogen-bond acceptors (Lipinski definition) is 3. The highest BCUT2D eigenvalue weighted by Gasteiger charge is 2.27. The number of hydrogen-bond donors (Lipinski definition) is 2. The van der Waals surface area contributed by atoms with Gasteiger partial charge in [-0.05, 0) is 18.6 Å². The van der Waals surface area contributed by atoms with E-state index >= 15 is 0 Å². The Labute approximate surface area is 122 Å². The molecular weight excluding hydrogens is 288 g/mol. The summed E-state index contributed by atoms with van der Waals surface area (Å²) in [5.41, 5.74) is 5.28. The number of rotatable bonds is 4. The second-order valence-corrected chi connectivity index (χ2v) is 4.61. The Hall–Kier alpha value is -1.40. The summed E-state index contributed by atoms with van der Waals surface area (Å²) in [5.74, 6) is -1.27. The first-order chi connectivity index (χ1) is 9.11. The van der Waals surface area contributed by atoms with E-state index < -0.39 is 11.6 Å². The fourth-order valence-electron chi connectivity index (χ4n) is 2.30. The van der Waals surface area contributed by atoms with Gasteiger partial charge in [-0.3, -0.25) is 4.79 Å². The summed E-state index contributed by atoms with van der Waals surface area (Å²) in [6.45, 7) is 1.23. The van der Waals surface area contributed by atoms with Crippen LogP contribution in [0.1, 0.15) is 12.8 Å². The van der Waals surface area contributed by atoms with E-state index in [1.54, 1.807) is 4.90 Å². The highest BCUT2D eigenvalue weighted by Crippen LogP contribution is 2.26. The lowest BCUT2D eigenvalue weighted by Gasteiger charge is -2.20. The third-order valence-electron chi connectivity index (χ3n) is 3.18. The number of benzene rings is 1. The zero-order chi connectivity index (χ0) is 13.8. The van der Waals surface area contributed by atoms with Gasteiger partial charge in [0.15, 0.2) is 0 Å². The number of nitrogens with two attached hydrogens (primary N) is 1. The van der Waals surface area contributed by atoms with Crippen molar-refractivity contribution < 1.29 is 13.6 Å². The molecule has 1 aromatic rings. The Balaban J connectivity index is 0.00000200. The summed E-state index contributed by atoms with van der Waals surface area (Å²) >= 11 is 0. The molecule has 2 rings (SSSR count). The molecule has 1 aromatic carbocycles. The van der Waals surface area contributed by atoms with Crippen molar-refractivity contribution in [1.29, 1.82) is 0 Å². The van der Waals surface area contributed by atoms with Crippen LogP contribution in [-0.4, -0.2) is 31.6 Å². The van der Waals surface area contributed by atoms with Gasteiger partial charge in [-0.2, -0.15) is 0 Å². The van der Waals surface area contributed by atoms with Crippen molar-refractivity contribution in [3.63, 3.8) is 0 Å². The van der Waals surface area contributed by atoms with Crippen LogP contribution in [0, 0.1) is 11.6 Å². The van der Waals surface area contributed by atoms with Crippen molar-refractivity contribution in [2.45, 2.75) is 18.9 Å². The molecule has 1 unspecified atom stereocenters. The zero-order valence-corrected chi connectivity index (χ0v) is 11.8. The smallest absolute Gasteiger partial charge is 0.221 e. The average Bonchev–Trinajstić information content (AvgIpc) is 2.77. The largest absolute Gasteiger partial charge is 0.365 e. The molecule has 0 aromatic heterocycles. The lowest BCUT2D eigenvalue weighted by Crippen LogP contribution is -2.38. The number of nitrogens with one attached hydrogen (secondary N) is 1. The Morgan fingerprint density at radius 1 is 1.40 bits per heavy atom. The van der Waals surface area contributed by atoms with Crippen LogP contribution >= 0.6 is 12.4 Å². The van der Waals surface area contributed by atoms with Crippen LogP contribution < -0.4 is 16.0 Å². The molecule has 20 heavy (non-hydrogen) atoms. The Morgan fingerprint density at radius 2 is 2.05 bits per heavy atom. The maximum absolute atomic E-state index is 13.6. The molecule has 3 N–H and O–H groups in total. The first kappa shape index (κ1) is 16.7. The van der Waals surface area contributed by atoms with Gasteiger partial charge < -0.3 is 16.0 Å². The van der Waals surface area contributed by atoms with Crippen molar-refractivity contribution >= 4 is 24.0 Å². The van der Waals surface area contributed by atoms with E-state index in [-0.39, 0.29) is 36.5 Å². The Morgan fingerprint density at radius 3 is 2.65 bits per heavy atom. The number of para-hydroxylation sites is 1. The van der Waals surface area contributed by atoms with Crippen LogP contribution in [0.3, 0.4) is 0 Å². The van der Waals surface area contributed by atoms with Crippen LogP contribution in [0.5, 0.6) is 0 Å². The fraction of sp³-hybridized carbons (Fsp3) is 0.462. The molecule has 0 radical (unpaired) electrons. The topological polar surface area (TPSA) is 58.4 Å². The number of halogens is 3. The molecule has 0 saturated carbocycles. The summed E-state index contributed by atoms with van der Waals surface area (Å²) in [7, 11) is 0. The number of carbonyl (C=O) groups excluding carboxylic acids is 1. The third kappa shape index (κ3) is 3.80. The molecule has 1 aliphatic heterocycles. The van der Waals surface area contributed by atoms with Crippen LogP contribution in [0.25, 0.3) is 0 Å². The van der Waals surface area contributed by atoms with E-state index in [9.17, 15) is 13.6 Å². The molecule has 1 saturated heterocycles. The molecule has 0 aliphatic carbocycles. The maximum Gasteiger partial charge on any atom is 0.221 e. The Bertz CT molecular complexity index is 453. The molecule has 0 spiro atoms. The standard InChI is InChI=1S/C13H17F2N3O.ClH/c14-10-2-1-3-11(15)13(10)18-7-5-9(8-18)17-12(19)4-6-16;/h1-3,9H,4-8,16H2,(H,17,19);1H. The van der Waals surface area contributed by atoms with E-state index in [0.29, 0.717) is 26.1 Å². The molecule has 112 valence electrons. The second-order valence-electron chi connectivity index (χ2n) is 4.61. The summed E-state index contributed by atoms with van der Waals surface area (Å²) < 4.78 is 27.3. The predicted molar refractivity (Wildman–Crippen MR) is 76.0 cm³/mol. The van der Waals surface area contributed by atoms with Gasteiger partial charge in [0.05, 0.1) is 0 Å². The van der Waals surface area contributed by atoms with Gasteiger partial charge in [-0.15, -0.1) is 12.4 Å². The van der Waals surface area contributed by atoms with Gasteiger partial charge in [0.25, 0.3) is 0 Å². The zero-order valence-electron chi connectivity index (χ0n) is 10.9. The monoisotopic (exact) mass is 305 g/mol. The SMILES string of the molecule is Cl.NCCC(=O)NC1CCN(c2c(F)cccc2F)C1. The van der Waals surface area contributed by atoms with Crippen molar-refractivity contribution in [3.05, 3.63) is 29.8 Å². The van der Waals surface area contributed by atoms with Gasteiger partial charge in [-0.1, -0.05) is 6.07 Å². The number of carbonyl (C=O) groups is 1. The van der Waals surface area contributed by atoms with Gasteiger partial charge in [0, 0.05) is 32.1 Å². The number of anilines is 1. The summed E-state index contributed by atoms with van der Waals surface area (Å²) in [5, 5.41) is 2.81. The molecule has 1 amide bonds. The summed E-state index contributed by atoms with van der Waals surface area (Å²) in [6, 6.07) is 3.72. The van der Waals surface area contributed by atoms with Crippen LogP contribution in [-0.2, 0) is 4.79 Å². The van der Waals surface area contributed by atoms with E-state index in [4.69, 9.17) is 5.73 Å². The highest BCUT2D eigenvalue weighted by atomic mass is 35.5. The maximum atomic E-state index is 13.6. The van der Waals surface area contributed by atoms with Crippen molar-refractivity contribution in [2.24, 2.45) is 5.73 Å². The molecular formula is C13H18ClF2N3O. The van der Waals surface area contributed by atoms with E-state index in [1.165, 1.54) is 18.2 Å². The van der Waals surface area contributed by atoms with Gasteiger partial charge in [0.1, 0.15) is 17.3 Å². The first-order valence-corrected chi connectivity index (χ1v) is 6.30. The van der Waals surface area contributed by atoms with Crippen molar-refractivity contribution in [1.82, 2.24) is 5.32 Å². The molecule has 7 heteroatoms. The van der Waals surface area contributed by atoms with Gasteiger partial charge in [0.2, 0.25) is 5.91 Å². The molecule has 1 fully saturated rings. The number of amides is 1.